The smallest absolute Gasteiger partial charge is 0.248 e. The third kappa shape index (κ3) is 11.7. The van der Waals surface area contributed by atoms with Crippen molar-refractivity contribution >= 4 is 22.4 Å². The molecule has 1 aromatic carbocycles. The molecular weight excluding hydrogens is 545 g/mol. The van der Waals surface area contributed by atoms with E-state index in [1.807, 2.05) is 45.9 Å². The highest BCUT2D eigenvalue weighted by Gasteiger charge is 2.14. The molecule has 1 amide bonds. The number of carbonyl (C=O) groups is 1. The van der Waals surface area contributed by atoms with Crippen molar-refractivity contribution in [2.75, 3.05) is 45.1 Å². The van der Waals surface area contributed by atoms with Crippen LogP contribution < -0.4 is 10.6 Å². The molecule has 0 spiro atoms. The molecule has 2 aromatic rings. The van der Waals surface area contributed by atoms with Crippen LogP contribution in [0.3, 0.4) is 0 Å². The van der Waals surface area contributed by atoms with Crippen molar-refractivity contribution < 1.29 is 9.18 Å². The number of benzene rings is 1. The van der Waals surface area contributed by atoms with Gasteiger partial charge < -0.3 is 15.5 Å². The maximum absolute atomic E-state index is 14.2. The molecule has 0 atom stereocenters. The van der Waals surface area contributed by atoms with Gasteiger partial charge in [0.1, 0.15) is 5.82 Å². The van der Waals surface area contributed by atoms with Crippen LogP contribution in [0.2, 0.25) is 0 Å². The first-order chi connectivity index (χ1) is 20.3. The molecule has 1 fully saturated rings. The van der Waals surface area contributed by atoms with Gasteiger partial charge in [0.25, 0.3) is 0 Å². The Balaban J connectivity index is 0.00000301. The third-order valence-corrected chi connectivity index (χ3v) is 7.12. The number of rotatable bonds is 12. The van der Waals surface area contributed by atoms with E-state index in [2.05, 4.69) is 58.1 Å². The number of allylic oxidation sites excluding steroid dienone is 6. The Hall–Kier alpha value is -3.59. The van der Waals surface area contributed by atoms with Crippen LogP contribution in [-0.2, 0) is 4.79 Å². The van der Waals surface area contributed by atoms with Crippen LogP contribution in [0, 0.1) is 5.82 Å². The van der Waals surface area contributed by atoms with Crippen molar-refractivity contribution in [2.24, 2.45) is 0 Å². The second-order valence-corrected chi connectivity index (χ2v) is 10.6. The second kappa shape index (κ2) is 18.8. The predicted molar refractivity (Wildman–Crippen MR) is 178 cm³/mol. The first-order valence-electron chi connectivity index (χ1n) is 14.6. The minimum atomic E-state index is -0.315. The zero-order valence-electron chi connectivity index (χ0n) is 25.9. The Morgan fingerprint density at radius 2 is 1.88 bits per heavy atom. The number of thiazole rings is 1. The molecule has 0 saturated carbocycles. The Morgan fingerprint density at radius 1 is 1.17 bits per heavy atom. The van der Waals surface area contributed by atoms with E-state index < -0.39 is 0 Å². The van der Waals surface area contributed by atoms with Gasteiger partial charge >= 0.3 is 0 Å². The fraction of sp³-hybridized carbons (Fsp3) is 0.353. The highest BCUT2D eigenvalue weighted by atomic mass is 32.1. The molecule has 1 aliphatic rings. The van der Waals surface area contributed by atoms with Crippen molar-refractivity contribution in [2.45, 2.75) is 41.0 Å². The third-order valence-electron chi connectivity index (χ3n) is 6.36. The molecule has 1 aromatic heterocycles. The molecule has 8 heteroatoms. The van der Waals surface area contributed by atoms with Crippen LogP contribution in [0.15, 0.2) is 101 Å². The number of hydrogen-bond donors (Lipinski definition) is 2. The Kier molecular flexibility index (Phi) is 15.5. The normalized spacial score (nSPS) is 15.5. The molecule has 42 heavy (non-hydrogen) atoms. The van der Waals surface area contributed by atoms with E-state index in [4.69, 9.17) is 0 Å². The van der Waals surface area contributed by atoms with Gasteiger partial charge in [-0.2, -0.15) is 0 Å². The number of aromatic nitrogens is 1. The van der Waals surface area contributed by atoms with Crippen molar-refractivity contribution in [3.05, 3.63) is 107 Å². The Bertz CT molecular complexity index is 1310. The number of anilines is 1. The summed E-state index contributed by atoms with van der Waals surface area (Å²) in [5.74, 6) is -0.541. The van der Waals surface area contributed by atoms with Crippen LogP contribution >= 0.6 is 11.3 Å². The van der Waals surface area contributed by atoms with Crippen LogP contribution in [0.1, 0.15) is 41.0 Å². The maximum atomic E-state index is 14.2. The van der Waals surface area contributed by atoms with Crippen molar-refractivity contribution in [1.82, 2.24) is 20.1 Å². The highest BCUT2D eigenvalue weighted by Crippen LogP contribution is 2.28. The molecule has 0 bridgehead atoms. The summed E-state index contributed by atoms with van der Waals surface area (Å²) < 4.78 is 14.2. The molecule has 1 saturated heterocycles. The van der Waals surface area contributed by atoms with Crippen LogP contribution in [0.5, 0.6) is 0 Å². The minimum absolute atomic E-state index is 0.226. The first kappa shape index (κ1) is 34.6. The fourth-order valence-corrected chi connectivity index (χ4v) is 4.71. The summed E-state index contributed by atoms with van der Waals surface area (Å²) in [6.07, 6.45) is 14.2. The number of amides is 1. The molecule has 0 unspecified atom stereocenters. The largest absolute Gasteiger partial charge is 0.331 e. The fourth-order valence-electron chi connectivity index (χ4n) is 3.99. The Labute approximate surface area is 255 Å². The highest BCUT2D eigenvalue weighted by molar-refractivity contribution is 7.14. The molecular formula is C34H46FN5OS. The standard InChI is InChI=1S/C32H40FN5OS.C2H6/c1-6-8-12-25(22-38-19-17-37(5)18-20-38)13-11-16-31(39)34-26(7-2)21-29(24(3)4)35-32-36-30(23-40-32)27-14-9-10-15-28(27)33;1-2/h7-16,21,23H,3,6,17-20,22H2,1-2,4-5H3,(H,34,39)(H,35,36);1-2H3/b12-8-,16-11+,25-13+,26-7+,29-21+;. The predicted octanol–water partition coefficient (Wildman–Crippen LogP) is 7.56. The summed E-state index contributed by atoms with van der Waals surface area (Å²) in [5, 5.41) is 8.60. The van der Waals surface area contributed by atoms with Gasteiger partial charge in [0.2, 0.25) is 5.91 Å². The van der Waals surface area contributed by atoms with E-state index in [0.29, 0.717) is 27.8 Å². The monoisotopic (exact) mass is 591 g/mol. The van der Waals surface area contributed by atoms with Gasteiger partial charge in [0.15, 0.2) is 5.13 Å². The number of nitrogens with zero attached hydrogens (tertiary/aromatic N) is 3. The van der Waals surface area contributed by atoms with Crippen molar-refractivity contribution in [3.8, 4) is 11.3 Å². The van der Waals surface area contributed by atoms with Crippen LogP contribution in [0.25, 0.3) is 11.3 Å². The zero-order chi connectivity index (χ0) is 30.9. The van der Waals surface area contributed by atoms with Gasteiger partial charge in [-0.3, -0.25) is 9.69 Å². The molecule has 1 aliphatic heterocycles. The number of nitrogens with one attached hydrogen (secondary N) is 2. The average Bonchev–Trinajstić information content (AvgIpc) is 3.45. The van der Waals surface area contributed by atoms with Gasteiger partial charge in [-0.25, -0.2) is 9.37 Å². The van der Waals surface area contributed by atoms with E-state index >= 15 is 0 Å². The van der Waals surface area contributed by atoms with Gasteiger partial charge in [0.05, 0.1) is 5.69 Å². The molecule has 226 valence electrons. The van der Waals surface area contributed by atoms with E-state index in [1.165, 1.54) is 29.1 Å². The Morgan fingerprint density at radius 3 is 2.52 bits per heavy atom. The van der Waals surface area contributed by atoms with E-state index in [0.717, 1.165) is 44.7 Å². The average molecular weight is 592 g/mol. The summed E-state index contributed by atoms with van der Waals surface area (Å²) in [7, 11) is 2.15. The van der Waals surface area contributed by atoms with Crippen molar-refractivity contribution in [1.29, 1.82) is 0 Å². The van der Waals surface area contributed by atoms with Gasteiger partial charge in [-0.15, -0.1) is 11.3 Å². The van der Waals surface area contributed by atoms with Gasteiger partial charge in [-0.1, -0.05) is 69.9 Å². The summed E-state index contributed by atoms with van der Waals surface area (Å²) in [6, 6.07) is 6.56. The lowest BCUT2D eigenvalue weighted by atomic mass is 10.1. The summed E-state index contributed by atoms with van der Waals surface area (Å²) >= 11 is 1.37. The van der Waals surface area contributed by atoms with Gasteiger partial charge in [-0.05, 0) is 56.7 Å². The quantitative estimate of drug-likeness (QED) is 0.197. The molecule has 2 N–H and O–H groups in total. The number of carbonyl (C=O) groups excluding carboxylic acids is 1. The summed E-state index contributed by atoms with van der Waals surface area (Å²) in [5.41, 5.74) is 4.28. The minimum Gasteiger partial charge on any atom is -0.331 e. The molecule has 0 aliphatic carbocycles. The molecule has 3 rings (SSSR count). The lowest BCUT2D eigenvalue weighted by Gasteiger charge is -2.32. The first-order valence-corrected chi connectivity index (χ1v) is 15.4. The number of hydrogen-bond acceptors (Lipinski definition) is 6. The molecule has 2 heterocycles. The van der Waals surface area contributed by atoms with Crippen LogP contribution in [-0.4, -0.2) is 60.5 Å². The SMILES string of the molecule is C=C(C)/C(=C\C(=C/C)NC(=O)/C=C/C=C(\C=C/CC)CN1CCN(C)CC1)Nc1nc(-c2ccccc2F)cs1.CC. The second-order valence-electron chi connectivity index (χ2n) is 9.71. The molecule has 0 radical (unpaired) electrons. The summed E-state index contributed by atoms with van der Waals surface area (Å²) in [4.78, 5) is 22.0. The number of likely N-dealkylation sites (N-methyl/N-ethyl adjacent to an activating group) is 1. The lowest BCUT2D eigenvalue weighted by Crippen LogP contribution is -2.44. The summed E-state index contributed by atoms with van der Waals surface area (Å²) in [6.45, 7) is 19.0. The number of piperazine rings is 1. The topological polar surface area (TPSA) is 60.5 Å². The van der Waals surface area contributed by atoms with E-state index in [-0.39, 0.29) is 11.7 Å². The van der Waals surface area contributed by atoms with Gasteiger partial charge in [0, 0.05) is 61.1 Å². The van der Waals surface area contributed by atoms with Crippen LogP contribution in [0.4, 0.5) is 9.52 Å². The zero-order valence-corrected chi connectivity index (χ0v) is 26.7. The number of halogens is 1. The lowest BCUT2D eigenvalue weighted by molar-refractivity contribution is -0.115. The van der Waals surface area contributed by atoms with E-state index in [1.54, 1.807) is 29.7 Å². The maximum Gasteiger partial charge on any atom is 0.248 e. The van der Waals surface area contributed by atoms with E-state index in [9.17, 15) is 9.18 Å². The molecule has 6 nitrogen and oxygen atoms in total. The van der Waals surface area contributed by atoms with Crippen molar-refractivity contribution in [3.63, 3.8) is 0 Å².